The Labute approximate surface area is 143 Å². The maximum Gasteiger partial charge on any atom is 0.125 e. The van der Waals surface area contributed by atoms with Gasteiger partial charge in [0.2, 0.25) is 0 Å². The van der Waals surface area contributed by atoms with Gasteiger partial charge in [-0.1, -0.05) is 29.8 Å². The van der Waals surface area contributed by atoms with Crippen LogP contribution in [-0.4, -0.2) is 12.6 Å². The van der Waals surface area contributed by atoms with Gasteiger partial charge in [-0.25, -0.2) is 4.39 Å². The van der Waals surface area contributed by atoms with Gasteiger partial charge in [0.1, 0.15) is 5.82 Å². The molecule has 0 radical (unpaired) electrons. The second kappa shape index (κ2) is 5.39. The molecule has 0 aliphatic carbocycles. The second-order valence-electron chi connectivity index (χ2n) is 6.07. The molecule has 1 heterocycles. The minimum atomic E-state index is -0.308. The van der Waals surface area contributed by atoms with Crippen LogP contribution < -0.4 is 4.90 Å². The molecule has 0 fully saturated rings. The summed E-state index contributed by atoms with van der Waals surface area (Å²) in [7, 11) is 2.08. The van der Waals surface area contributed by atoms with Gasteiger partial charge in [-0.3, -0.25) is 0 Å². The van der Waals surface area contributed by atoms with Crippen molar-refractivity contribution in [2.24, 2.45) is 0 Å². The van der Waals surface area contributed by atoms with E-state index in [1.54, 1.807) is 0 Å². The van der Waals surface area contributed by atoms with Crippen molar-refractivity contribution in [3.63, 3.8) is 0 Å². The van der Waals surface area contributed by atoms with E-state index in [4.69, 9.17) is 11.6 Å². The first-order chi connectivity index (χ1) is 10.3. The van der Waals surface area contributed by atoms with Crippen molar-refractivity contribution in [1.29, 1.82) is 0 Å². The lowest BCUT2D eigenvalue weighted by Crippen LogP contribution is -2.41. The van der Waals surface area contributed by atoms with Gasteiger partial charge in [0, 0.05) is 22.8 Å². The lowest BCUT2D eigenvalue weighted by Gasteiger charge is -2.39. The van der Waals surface area contributed by atoms with Crippen LogP contribution in [-0.2, 0) is 0 Å². The summed E-state index contributed by atoms with van der Waals surface area (Å²) in [6.07, 6.45) is 4.28. The minimum absolute atomic E-state index is 0.0198. The van der Waals surface area contributed by atoms with Crippen molar-refractivity contribution in [3.05, 3.63) is 57.3 Å². The number of anilines is 1. The zero-order valence-corrected chi connectivity index (χ0v) is 15.0. The van der Waals surface area contributed by atoms with E-state index in [-0.39, 0.29) is 11.4 Å². The largest absolute Gasteiger partial charge is 0.366 e. The van der Waals surface area contributed by atoms with Crippen molar-refractivity contribution in [2.45, 2.75) is 19.4 Å². The normalized spacial score (nSPS) is 15.8. The van der Waals surface area contributed by atoms with Crippen molar-refractivity contribution >= 4 is 39.3 Å². The lowest BCUT2D eigenvalue weighted by atomic mass is 9.92. The molecule has 3 rings (SSSR count). The maximum atomic E-state index is 13.7. The van der Waals surface area contributed by atoms with E-state index >= 15 is 0 Å². The highest BCUT2D eigenvalue weighted by Crippen LogP contribution is 2.39. The molecule has 0 atom stereocenters. The molecule has 0 N–H and O–H groups in total. The Morgan fingerprint density at radius 3 is 2.64 bits per heavy atom. The molecule has 0 saturated heterocycles. The SMILES string of the molecule is CN1c2ccc(-c3cc(F)cc(Br)c3Cl)cc2C=CC1(C)C. The summed E-state index contributed by atoms with van der Waals surface area (Å²) >= 11 is 9.61. The summed E-state index contributed by atoms with van der Waals surface area (Å²) in [5.74, 6) is -0.308. The Morgan fingerprint density at radius 2 is 1.91 bits per heavy atom. The molecule has 4 heteroatoms. The Morgan fingerprint density at radius 1 is 1.18 bits per heavy atom. The summed E-state index contributed by atoms with van der Waals surface area (Å²) in [5, 5.41) is 0.523. The molecule has 0 saturated carbocycles. The first-order valence-corrected chi connectivity index (χ1v) is 8.19. The zero-order valence-electron chi connectivity index (χ0n) is 12.6. The first-order valence-electron chi connectivity index (χ1n) is 7.01. The maximum absolute atomic E-state index is 13.7. The summed E-state index contributed by atoms with van der Waals surface area (Å²) in [6.45, 7) is 4.34. The summed E-state index contributed by atoms with van der Waals surface area (Å²) in [4.78, 5) is 2.23. The molecule has 0 bridgehead atoms. The summed E-state index contributed by atoms with van der Waals surface area (Å²) < 4.78 is 14.3. The molecule has 1 aliphatic rings. The van der Waals surface area contributed by atoms with E-state index in [0.29, 0.717) is 15.1 Å². The quantitative estimate of drug-likeness (QED) is 0.536. The van der Waals surface area contributed by atoms with Crippen molar-refractivity contribution in [2.75, 3.05) is 11.9 Å². The van der Waals surface area contributed by atoms with Crippen molar-refractivity contribution < 1.29 is 4.39 Å². The van der Waals surface area contributed by atoms with Gasteiger partial charge in [-0.2, -0.15) is 0 Å². The molecule has 1 nitrogen and oxygen atoms in total. The fourth-order valence-electron chi connectivity index (χ4n) is 2.64. The molecule has 2 aromatic rings. The fraction of sp³-hybridized carbons (Fsp3) is 0.222. The molecule has 2 aromatic carbocycles. The highest BCUT2D eigenvalue weighted by molar-refractivity contribution is 9.10. The van der Waals surface area contributed by atoms with Gasteiger partial charge in [-0.05, 0) is 65.2 Å². The number of rotatable bonds is 1. The van der Waals surface area contributed by atoms with Gasteiger partial charge < -0.3 is 4.90 Å². The van der Waals surface area contributed by atoms with Crippen LogP contribution in [0.4, 0.5) is 10.1 Å². The van der Waals surface area contributed by atoms with E-state index < -0.39 is 0 Å². The number of fused-ring (bicyclic) bond motifs is 1. The summed E-state index contributed by atoms with van der Waals surface area (Å²) in [6, 6.07) is 8.93. The standard InChI is InChI=1S/C18H16BrClFN/c1-18(2)7-6-12-8-11(4-5-16(12)22(18)3)14-9-13(21)10-15(19)17(14)20/h4-10H,1-3H3. The molecular weight excluding hydrogens is 365 g/mol. The number of nitrogens with zero attached hydrogens (tertiary/aromatic N) is 1. The third kappa shape index (κ3) is 2.57. The molecule has 0 aromatic heterocycles. The van der Waals surface area contributed by atoms with Crippen LogP contribution in [0.15, 0.2) is 40.9 Å². The number of halogens is 3. The number of hydrogen-bond donors (Lipinski definition) is 0. The Hall–Kier alpha value is -1.32. The van der Waals surface area contributed by atoms with E-state index in [0.717, 1.165) is 16.8 Å². The summed E-state index contributed by atoms with van der Waals surface area (Å²) in [5.41, 5.74) is 3.84. The van der Waals surface area contributed by atoms with Gasteiger partial charge in [-0.15, -0.1) is 0 Å². The number of benzene rings is 2. The van der Waals surface area contributed by atoms with Crippen molar-refractivity contribution in [1.82, 2.24) is 0 Å². The Bertz CT molecular complexity index is 783. The van der Waals surface area contributed by atoms with Crippen LogP contribution in [0.3, 0.4) is 0 Å². The third-order valence-electron chi connectivity index (χ3n) is 4.23. The van der Waals surface area contributed by atoms with Crippen LogP contribution in [0, 0.1) is 5.82 Å². The van der Waals surface area contributed by atoms with E-state index in [1.165, 1.54) is 12.1 Å². The zero-order chi connectivity index (χ0) is 16.1. The fourth-order valence-corrected chi connectivity index (χ4v) is 3.29. The Balaban J connectivity index is 2.14. The smallest absolute Gasteiger partial charge is 0.125 e. The first kappa shape index (κ1) is 15.6. The van der Waals surface area contributed by atoms with Crippen molar-refractivity contribution in [3.8, 4) is 11.1 Å². The predicted molar refractivity (Wildman–Crippen MR) is 96.1 cm³/mol. The average Bonchev–Trinajstić information content (AvgIpc) is 2.47. The third-order valence-corrected chi connectivity index (χ3v) is 5.49. The van der Waals surface area contributed by atoms with Gasteiger partial charge in [0.15, 0.2) is 0 Å². The average molecular weight is 381 g/mol. The van der Waals surface area contributed by atoms with Gasteiger partial charge in [0.25, 0.3) is 0 Å². The topological polar surface area (TPSA) is 3.24 Å². The van der Waals surface area contributed by atoms with Gasteiger partial charge >= 0.3 is 0 Å². The highest BCUT2D eigenvalue weighted by Gasteiger charge is 2.26. The second-order valence-corrected chi connectivity index (χ2v) is 7.30. The number of likely N-dealkylation sites (N-methyl/N-ethyl adjacent to an activating group) is 1. The van der Waals surface area contributed by atoms with E-state index in [9.17, 15) is 4.39 Å². The van der Waals surface area contributed by atoms with Crippen LogP contribution in [0.5, 0.6) is 0 Å². The van der Waals surface area contributed by atoms with Crippen LogP contribution >= 0.6 is 27.5 Å². The molecule has 0 amide bonds. The minimum Gasteiger partial charge on any atom is -0.366 e. The monoisotopic (exact) mass is 379 g/mol. The molecule has 0 spiro atoms. The molecule has 0 unspecified atom stereocenters. The van der Waals surface area contributed by atoms with Crippen LogP contribution in [0.2, 0.25) is 5.02 Å². The van der Waals surface area contributed by atoms with E-state index in [2.05, 4.69) is 59.9 Å². The van der Waals surface area contributed by atoms with Crippen LogP contribution in [0.25, 0.3) is 17.2 Å². The number of hydrogen-bond acceptors (Lipinski definition) is 1. The predicted octanol–water partition coefficient (Wildman–Crippen LogP) is 6.15. The molecule has 114 valence electrons. The molecule has 1 aliphatic heterocycles. The highest BCUT2D eigenvalue weighted by atomic mass is 79.9. The Kier molecular flexibility index (Phi) is 3.82. The van der Waals surface area contributed by atoms with E-state index in [1.807, 2.05) is 12.1 Å². The van der Waals surface area contributed by atoms with Crippen LogP contribution in [0.1, 0.15) is 19.4 Å². The van der Waals surface area contributed by atoms with Gasteiger partial charge in [0.05, 0.1) is 10.6 Å². The molecule has 22 heavy (non-hydrogen) atoms. The molecular formula is C18H16BrClFN. The lowest BCUT2D eigenvalue weighted by molar-refractivity contribution is 0.600.